The molecule has 96 valence electrons. The molecule has 0 bridgehead atoms. The van der Waals surface area contributed by atoms with Crippen LogP contribution >= 0.6 is 11.6 Å². The van der Waals surface area contributed by atoms with Crippen molar-refractivity contribution in [2.75, 3.05) is 0 Å². The second kappa shape index (κ2) is 4.82. The molecule has 0 amide bonds. The van der Waals surface area contributed by atoms with Gasteiger partial charge in [0.05, 0.1) is 5.02 Å². The van der Waals surface area contributed by atoms with Crippen LogP contribution in [0.25, 0.3) is 0 Å². The Kier molecular flexibility index (Phi) is 3.16. The molecule has 1 nitrogen and oxygen atoms in total. The first-order chi connectivity index (χ1) is 9.16. The van der Waals surface area contributed by atoms with Crippen LogP contribution in [-0.4, -0.2) is 5.78 Å². The molecular weight excluding hydrogens is 256 g/mol. The molecule has 3 rings (SSSR count). The van der Waals surface area contributed by atoms with Crippen LogP contribution in [0.2, 0.25) is 5.02 Å². The third-order valence-corrected chi connectivity index (χ3v) is 4.38. The van der Waals surface area contributed by atoms with Gasteiger partial charge >= 0.3 is 0 Å². The molecule has 1 aliphatic rings. The Balaban J connectivity index is 1.89. The monoisotopic (exact) mass is 270 g/mol. The number of halogens is 1. The fourth-order valence-electron chi connectivity index (χ4n) is 2.80. The predicted molar refractivity (Wildman–Crippen MR) is 77.9 cm³/mol. The number of Topliss-reactive ketones (excluding diaryl/α,β-unsaturated/α-hetero) is 1. The molecule has 2 heteroatoms. The minimum absolute atomic E-state index is 0.0386. The number of rotatable bonds is 2. The van der Waals surface area contributed by atoms with Crippen molar-refractivity contribution in [3.8, 4) is 0 Å². The summed E-state index contributed by atoms with van der Waals surface area (Å²) in [6, 6.07) is 14.0. The second-order valence-corrected chi connectivity index (χ2v) is 5.55. The standard InChI is InChI=1S/C17H15ClO/c1-11-5-4-8-15(16(11)18)17(19)14-9-12-6-2-3-7-13(12)10-14/h2-8,14H,9-10H2,1H3. The predicted octanol–water partition coefficient (Wildman–Crippen LogP) is 4.25. The summed E-state index contributed by atoms with van der Waals surface area (Å²) in [6.07, 6.45) is 1.67. The van der Waals surface area contributed by atoms with E-state index in [9.17, 15) is 4.79 Å². The van der Waals surface area contributed by atoms with Crippen molar-refractivity contribution in [3.05, 3.63) is 69.7 Å². The van der Waals surface area contributed by atoms with Crippen LogP contribution in [0.3, 0.4) is 0 Å². The van der Waals surface area contributed by atoms with Crippen LogP contribution in [0.15, 0.2) is 42.5 Å². The fraction of sp³-hybridized carbons (Fsp3) is 0.235. The van der Waals surface area contributed by atoms with Crippen LogP contribution in [-0.2, 0) is 12.8 Å². The lowest BCUT2D eigenvalue weighted by atomic mass is 9.94. The normalized spacial score (nSPS) is 14.4. The van der Waals surface area contributed by atoms with Gasteiger partial charge in [-0.2, -0.15) is 0 Å². The Morgan fingerprint density at radius 3 is 2.32 bits per heavy atom. The summed E-state index contributed by atoms with van der Waals surface area (Å²) < 4.78 is 0. The number of carbonyl (C=O) groups excluding carboxylic acids is 1. The van der Waals surface area contributed by atoms with E-state index in [-0.39, 0.29) is 11.7 Å². The highest BCUT2D eigenvalue weighted by Gasteiger charge is 2.28. The van der Waals surface area contributed by atoms with Gasteiger partial charge in [0.25, 0.3) is 0 Å². The van der Waals surface area contributed by atoms with Crippen molar-refractivity contribution in [2.24, 2.45) is 5.92 Å². The summed E-state index contributed by atoms with van der Waals surface area (Å²) in [4.78, 5) is 12.6. The maximum absolute atomic E-state index is 12.6. The van der Waals surface area contributed by atoms with Crippen LogP contribution in [0.5, 0.6) is 0 Å². The molecule has 0 saturated carbocycles. The van der Waals surface area contributed by atoms with Crippen molar-refractivity contribution < 1.29 is 4.79 Å². The minimum Gasteiger partial charge on any atom is -0.294 e. The number of hydrogen-bond acceptors (Lipinski definition) is 1. The van der Waals surface area contributed by atoms with Crippen molar-refractivity contribution >= 4 is 17.4 Å². The highest BCUT2D eigenvalue weighted by atomic mass is 35.5. The third-order valence-electron chi connectivity index (χ3n) is 3.88. The highest BCUT2D eigenvalue weighted by Crippen LogP contribution is 2.31. The zero-order valence-electron chi connectivity index (χ0n) is 10.8. The summed E-state index contributed by atoms with van der Waals surface area (Å²) in [5, 5.41) is 0.600. The van der Waals surface area contributed by atoms with E-state index in [2.05, 4.69) is 12.1 Å². The second-order valence-electron chi connectivity index (χ2n) is 5.17. The number of aryl methyl sites for hydroxylation is 1. The maximum atomic E-state index is 12.6. The zero-order valence-corrected chi connectivity index (χ0v) is 11.6. The lowest BCUT2D eigenvalue weighted by Crippen LogP contribution is -2.15. The Morgan fingerprint density at radius 2 is 1.68 bits per heavy atom. The summed E-state index contributed by atoms with van der Waals surface area (Å²) in [6.45, 7) is 1.93. The van der Waals surface area contributed by atoms with Gasteiger partial charge in [-0.05, 0) is 42.5 Å². The van der Waals surface area contributed by atoms with E-state index in [1.807, 2.05) is 37.3 Å². The van der Waals surface area contributed by atoms with Gasteiger partial charge in [0, 0.05) is 11.5 Å². The number of carbonyl (C=O) groups is 1. The summed E-state index contributed by atoms with van der Waals surface area (Å²) in [5.41, 5.74) is 4.22. The molecule has 0 aliphatic heterocycles. The van der Waals surface area contributed by atoms with Gasteiger partial charge in [0.1, 0.15) is 0 Å². The molecule has 19 heavy (non-hydrogen) atoms. The molecule has 0 heterocycles. The van der Waals surface area contributed by atoms with Gasteiger partial charge in [-0.1, -0.05) is 48.0 Å². The SMILES string of the molecule is Cc1cccc(C(=O)C2Cc3ccccc3C2)c1Cl. The first kappa shape index (κ1) is 12.4. The molecular formula is C17H15ClO. The Hall–Kier alpha value is -1.60. The first-order valence-corrected chi connectivity index (χ1v) is 6.90. The molecule has 0 N–H and O–H groups in total. The van der Waals surface area contributed by atoms with Gasteiger partial charge in [-0.15, -0.1) is 0 Å². The molecule has 2 aromatic carbocycles. The van der Waals surface area contributed by atoms with Crippen molar-refractivity contribution in [3.63, 3.8) is 0 Å². The quantitative estimate of drug-likeness (QED) is 0.746. The number of benzene rings is 2. The van der Waals surface area contributed by atoms with Gasteiger partial charge in [0.2, 0.25) is 0 Å². The van der Waals surface area contributed by atoms with Crippen LogP contribution < -0.4 is 0 Å². The van der Waals surface area contributed by atoms with E-state index < -0.39 is 0 Å². The maximum Gasteiger partial charge on any atom is 0.168 e. The summed E-state index contributed by atoms with van der Waals surface area (Å²) in [7, 11) is 0. The molecule has 0 spiro atoms. The smallest absolute Gasteiger partial charge is 0.168 e. The molecule has 0 aromatic heterocycles. The molecule has 2 aromatic rings. The molecule has 0 atom stereocenters. The lowest BCUT2D eigenvalue weighted by molar-refractivity contribution is 0.0925. The van der Waals surface area contributed by atoms with E-state index in [0.29, 0.717) is 10.6 Å². The summed E-state index contributed by atoms with van der Waals surface area (Å²) >= 11 is 6.26. The van der Waals surface area contributed by atoms with Gasteiger partial charge in [-0.3, -0.25) is 4.79 Å². The van der Waals surface area contributed by atoms with E-state index in [0.717, 1.165) is 18.4 Å². The van der Waals surface area contributed by atoms with Crippen LogP contribution in [0.4, 0.5) is 0 Å². The highest BCUT2D eigenvalue weighted by molar-refractivity contribution is 6.34. The van der Waals surface area contributed by atoms with Gasteiger partial charge in [0.15, 0.2) is 5.78 Å². The van der Waals surface area contributed by atoms with Crippen molar-refractivity contribution in [2.45, 2.75) is 19.8 Å². The largest absolute Gasteiger partial charge is 0.294 e. The molecule has 0 saturated heterocycles. The Bertz CT molecular complexity index is 620. The average Bonchev–Trinajstić information content (AvgIpc) is 2.85. The van der Waals surface area contributed by atoms with E-state index in [4.69, 9.17) is 11.6 Å². The number of fused-ring (bicyclic) bond motifs is 1. The molecule has 0 fully saturated rings. The fourth-order valence-corrected chi connectivity index (χ4v) is 3.02. The summed E-state index contributed by atoms with van der Waals surface area (Å²) in [5.74, 6) is 0.210. The van der Waals surface area contributed by atoms with Gasteiger partial charge < -0.3 is 0 Å². The molecule has 1 aliphatic carbocycles. The number of hydrogen-bond donors (Lipinski definition) is 0. The third kappa shape index (κ3) is 2.19. The van der Waals surface area contributed by atoms with Crippen molar-refractivity contribution in [1.82, 2.24) is 0 Å². The van der Waals surface area contributed by atoms with Crippen LogP contribution in [0, 0.1) is 12.8 Å². The first-order valence-electron chi connectivity index (χ1n) is 6.53. The van der Waals surface area contributed by atoms with Crippen LogP contribution in [0.1, 0.15) is 27.0 Å². The van der Waals surface area contributed by atoms with E-state index in [1.165, 1.54) is 11.1 Å². The Labute approximate surface area is 118 Å². The van der Waals surface area contributed by atoms with E-state index in [1.54, 1.807) is 0 Å². The minimum atomic E-state index is 0.0386. The van der Waals surface area contributed by atoms with Gasteiger partial charge in [-0.25, -0.2) is 0 Å². The number of ketones is 1. The zero-order chi connectivity index (χ0) is 13.4. The lowest BCUT2D eigenvalue weighted by Gasteiger charge is -2.10. The van der Waals surface area contributed by atoms with Crippen molar-refractivity contribution in [1.29, 1.82) is 0 Å². The Morgan fingerprint density at radius 1 is 1.05 bits per heavy atom. The molecule has 0 unspecified atom stereocenters. The molecule has 0 radical (unpaired) electrons. The topological polar surface area (TPSA) is 17.1 Å². The average molecular weight is 271 g/mol. The van der Waals surface area contributed by atoms with E-state index >= 15 is 0 Å².